The Morgan fingerprint density at radius 3 is 2.46 bits per heavy atom. The van der Waals surface area contributed by atoms with Crippen molar-refractivity contribution >= 4 is 67.0 Å². The Kier molecular flexibility index (Phi) is 4.44. The van der Waals surface area contributed by atoms with E-state index in [4.69, 9.17) is 23.2 Å². The van der Waals surface area contributed by atoms with E-state index in [2.05, 4.69) is 4.72 Å². The van der Waals surface area contributed by atoms with Crippen LogP contribution in [-0.4, -0.2) is 19.5 Å². The van der Waals surface area contributed by atoms with E-state index in [1.165, 1.54) is 12.1 Å². The first kappa shape index (κ1) is 17.0. The molecule has 0 aliphatic heterocycles. The van der Waals surface area contributed by atoms with Crippen LogP contribution in [0.4, 0.5) is 5.69 Å². The average molecular weight is 402 g/mol. The lowest BCUT2D eigenvalue weighted by Crippen LogP contribution is -2.14. The molecule has 0 aliphatic carbocycles. The van der Waals surface area contributed by atoms with E-state index >= 15 is 0 Å². The van der Waals surface area contributed by atoms with Gasteiger partial charge in [-0.05, 0) is 22.9 Å². The number of hydrogen-bond acceptors (Lipinski definition) is 4. The number of anilines is 1. The minimum absolute atomic E-state index is 0.0261. The van der Waals surface area contributed by atoms with E-state index in [9.17, 15) is 18.3 Å². The van der Waals surface area contributed by atoms with Crippen LogP contribution >= 0.6 is 34.5 Å². The van der Waals surface area contributed by atoms with Crippen molar-refractivity contribution in [2.45, 2.75) is 4.21 Å². The predicted molar refractivity (Wildman–Crippen MR) is 96.1 cm³/mol. The van der Waals surface area contributed by atoms with E-state index in [1.54, 1.807) is 30.3 Å². The third-order valence-electron chi connectivity index (χ3n) is 3.27. The summed E-state index contributed by atoms with van der Waals surface area (Å²) in [7, 11) is -4.00. The zero-order chi connectivity index (χ0) is 17.5. The summed E-state index contributed by atoms with van der Waals surface area (Å²) in [6.07, 6.45) is 0. The topological polar surface area (TPSA) is 83.5 Å². The van der Waals surface area contributed by atoms with E-state index in [-0.39, 0.29) is 24.8 Å². The van der Waals surface area contributed by atoms with Gasteiger partial charge in [0.1, 0.15) is 8.55 Å². The third kappa shape index (κ3) is 3.08. The first-order valence-corrected chi connectivity index (χ1v) is 9.58. The molecule has 124 valence electrons. The summed E-state index contributed by atoms with van der Waals surface area (Å²) in [4.78, 5) is 11.6. The second-order valence-corrected chi connectivity index (χ2v) is 8.78. The van der Waals surface area contributed by atoms with Crippen molar-refractivity contribution in [2.24, 2.45) is 0 Å². The van der Waals surface area contributed by atoms with Crippen LogP contribution in [-0.2, 0) is 10.0 Å². The molecule has 1 heterocycles. The fourth-order valence-corrected chi connectivity index (χ4v) is 5.19. The molecule has 3 rings (SSSR count). The van der Waals surface area contributed by atoms with Crippen LogP contribution in [0.3, 0.4) is 0 Å². The van der Waals surface area contributed by atoms with Gasteiger partial charge in [-0.2, -0.15) is 0 Å². The van der Waals surface area contributed by atoms with Gasteiger partial charge in [-0.3, -0.25) is 4.72 Å². The molecular formula is C15H9Cl2NO4S2. The molecule has 0 aliphatic rings. The molecule has 0 bridgehead atoms. The Bertz CT molecular complexity index is 1040. The maximum atomic E-state index is 12.5. The molecule has 0 atom stereocenters. The molecule has 0 saturated carbocycles. The van der Waals surface area contributed by atoms with Crippen LogP contribution in [0.25, 0.3) is 10.8 Å². The number of thiophene rings is 1. The van der Waals surface area contributed by atoms with Gasteiger partial charge in [0.2, 0.25) is 0 Å². The standard InChI is InChI=1S/C15H9Cl2NO4S2/c16-10-7-12(23-14(10)17)24(21,22)18-11-6-5-8-3-1-2-4-9(8)13(11)15(19)20/h1-7,18H,(H,19,20). The largest absolute Gasteiger partial charge is 0.478 e. The molecule has 0 fully saturated rings. The minimum atomic E-state index is -4.00. The lowest BCUT2D eigenvalue weighted by Gasteiger charge is -2.11. The van der Waals surface area contributed by atoms with Crippen molar-refractivity contribution in [3.63, 3.8) is 0 Å². The van der Waals surface area contributed by atoms with Crippen molar-refractivity contribution in [1.82, 2.24) is 0 Å². The molecule has 0 saturated heterocycles. The average Bonchev–Trinajstić information content (AvgIpc) is 2.86. The summed E-state index contributed by atoms with van der Waals surface area (Å²) in [5.74, 6) is -1.23. The van der Waals surface area contributed by atoms with Crippen molar-refractivity contribution in [1.29, 1.82) is 0 Å². The third-order valence-corrected chi connectivity index (χ3v) is 6.98. The monoisotopic (exact) mass is 401 g/mol. The van der Waals surface area contributed by atoms with Crippen LogP contribution in [0.5, 0.6) is 0 Å². The zero-order valence-corrected chi connectivity index (χ0v) is 14.9. The van der Waals surface area contributed by atoms with Crippen LogP contribution in [0, 0.1) is 0 Å². The molecule has 0 unspecified atom stereocenters. The fourth-order valence-electron chi connectivity index (χ4n) is 2.24. The van der Waals surface area contributed by atoms with Gasteiger partial charge in [0.15, 0.2) is 0 Å². The van der Waals surface area contributed by atoms with Crippen LogP contribution < -0.4 is 4.72 Å². The van der Waals surface area contributed by atoms with Gasteiger partial charge >= 0.3 is 5.97 Å². The molecule has 0 spiro atoms. The highest BCUT2D eigenvalue weighted by atomic mass is 35.5. The highest BCUT2D eigenvalue weighted by Crippen LogP contribution is 2.36. The Morgan fingerprint density at radius 2 is 1.83 bits per heavy atom. The van der Waals surface area contributed by atoms with Crippen molar-refractivity contribution < 1.29 is 18.3 Å². The molecular weight excluding hydrogens is 393 g/mol. The van der Waals surface area contributed by atoms with E-state index in [1.807, 2.05) is 0 Å². The quantitative estimate of drug-likeness (QED) is 0.662. The molecule has 5 nitrogen and oxygen atoms in total. The van der Waals surface area contributed by atoms with Gasteiger partial charge < -0.3 is 5.11 Å². The molecule has 0 radical (unpaired) electrons. The molecule has 3 aromatic rings. The maximum Gasteiger partial charge on any atom is 0.338 e. The predicted octanol–water partition coefficient (Wildman–Crippen LogP) is 4.71. The van der Waals surface area contributed by atoms with Gasteiger partial charge in [-0.15, -0.1) is 11.3 Å². The number of aromatic carboxylic acids is 1. The summed E-state index contributed by atoms with van der Waals surface area (Å²) in [6, 6.07) is 11.1. The summed E-state index contributed by atoms with van der Waals surface area (Å²) < 4.78 is 27.3. The number of sulfonamides is 1. The number of carbonyl (C=O) groups is 1. The van der Waals surface area contributed by atoms with Crippen molar-refractivity contribution in [2.75, 3.05) is 4.72 Å². The van der Waals surface area contributed by atoms with Gasteiger partial charge in [0.05, 0.1) is 16.3 Å². The number of halogens is 2. The lowest BCUT2D eigenvalue weighted by molar-refractivity contribution is 0.0700. The zero-order valence-electron chi connectivity index (χ0n) is 11.8. The first-order chi connectivity index (χ1) is 11.3. The van der Waals surface area contributed by atoms with E-state index in [0.717, 1.165) is 11.3 Å². The number of benzene rings is 2. The normalized spacial score (nSPS) is 11.6. The Morgan fingerprint density at radius 1 is 1.12 bits per heavy atom. The van der Waals surface area contributed by atoms with Gasteiger partial charge in [-0.25, -0.2) is 13.2 Å². The number of carboxylic acids is 1. The minimum Gasteiger partial charge on any atom is -0.478 e. The molecule has 1 aromatic heterocycles. The Labute approximate surface area is 151 Å². The highest BCUT2D eigenvalue weighted by molar-refractivity contribution is 7.94. The SMILES string of the molecule is O=C(O)c1c(NS(=O)(=O)c2cc(Cl)c(Cl)s2)ccc2ccccc12. The molecule has 24 heavy (non-hydrogen) atoms. The van der Waals surface area contributed by atoms with Gasteiger partial charge in [0.25, 0.3) is 10.0 Å². The lowest BCUT2D eigenvalue weighted by atomic mass is 10.0. The first-order valence-electron chi connectivity index (χ1n) is 6.52. The number of hydrogen-bond donors (Lipinski definition) is 2. The second-order valence-electron chi connectivity index (χ2n) is 4.81. The van der Waals surface area contributed by atoms with E-state index < -0.39 is 16.0 Å². The Hall–Kier alpha value is -1.80. The Balaban J connectivity index is 2.13. The second kappa shape index (κ2) is 6.25. The number of fused-ring (bicyclic) bond motifs is 1. The fraction of sp³-hybridized carbons (Fsp3) is 0. The van der Waals surface area contributed by atoms with Gasteiger partial charge in [-0.1, -0.05) is 53.5 Å². The molecule has 2 aromatic carbocycles. The van der Waals surface area contributed by atoms with Gasteiger partial charge in [0, 0.05) is 0 Å². The van der Waals surface area contributed by atoms with E-state index in [0.29, 0.717) is 10.8 Å². The molecule has 9 heteroatoms. The molecule has 2 N–H and O–H groups in total. The summed E-state index contributed by atoms with van der Waals surface area (Å²) in [6.45, 7) is 0. The van der Waals surface area contributed by atoms with Crippen molar-refractivity contribution in [3.05, 3.63) is 57.4 Å². The summed E-state index contributed by atoms with van der Waals surface area (Å²) >= 11 is 12.4. The van der Waals surface area contributed by atoms with Crippen molar-refractivity contribution in [3.8, 4) is 0 Å². The summed E-state index contributed by atoms with van der Waals surface area (Å²) in [5.41, 5.74) is -0.146. The number of rotatable bonds is 4. The smallest absolute Gasteiger partial charge is 0.338 e. The maximum absolute atomic E-state index is 12.5. The number of carboxylic acid groups (broad SMARTS) is 1. The van der Waals surface area contributed by atoms with Crippen LogP contribution in [0.15, 0.2) is 46.7 Å². The summed E-state index contributed by atoms with van der Waals surface area (Å²) in [5, 5.41) is 10.8. The van der Waals surface area contributed by atoms with Crippen LogP contribution in [0.2, 0.25) is 9.36 Å². The highest BCUT2D eigenvalue weighted by Gasteiger charge is 2.23. The number of nitrogens with one attached hydrogen (secondary N) is 1. The van der Waals surface area contributed by atoms with Crippen LogP contribution in [0.1, 0.15) is 10.4 Å². The molecule has 0 amide bonds.